The second-order valence-corrected chi connectivity index (χ2v) is 9.07. The lowest BCUT2D eigenvalue weighted by atomic mass is 10.0. The number of aromatic nitrogens is 1. The van der Waals surface area contributed by atoms with Crippen LogP contribution < -0.4 is 4.31 Å². The van der Waals surface area contributed by atoms with E-state index in [0.717, 1.165) is 16.5 Å². The normalized spacial score (nSPS) is 12.3. The highest BCUT2D eigenvalue weighted by Crippen LogP contribution is 2.32. The van der Waals surface area contributed by atoms with E-state index < -0.39 is 10.0 Å². The van der Waals surface area contributed by atoms with Crippen LogP contribution in [0.1, 0.15) is 18.1 Å². The Kier molecular flexibility index (Phi) is 5.52. The fraction of sp³-hybridized carbons (Fsp3) is 0.125. The fourth-order valence-electron chi connectivity index (χ4n) is 3.66. The molecule has 31 heavy (non-hydrogen) atoms. The maximum atomic E-state index is 12.0. The van der Waals surface area contributed by atoms with E-state index in [9.17, 15) is 13.5 Å². The minimum absolute atomic E-state index is 0.0506. The van der Waals surface area contributed by atoms with Gasteiger partial charge < -0.3 is 10.1 Å². The third-order valence-corrected chi connectivity index (χ3v) is 6.31. The number of hydrogen-bond acceptors (Lipinski definition) is 4. The van der Waals surface area contributed by atoms with Gasteiger partial charge in [-0.15, -0.1) is 0 Å². The molecule has 0 saturated carbocycles. The molecule has 3 aromatic carbocycles. The maximum Gasteiger partial charge on any atom is 0.232 e. The van der Waals surface area contributed by atoms with E-state index in [1.807, 2.05) is 54.6 Å². The number of aliphatic imine (C=N–C) groups is 1. The molecular weight excluding hydrogens is 410 g/mol. The van der Waals surface area contributed by atoms with Gasteiger partial charge >= 0.3 is 0 Å². The molecule has 0 saturated heterocycles. The van der Waals surface area contributed by atoms with Crippen molar-refractivity contribution in [1.82, 2.24) is 4.98 Å². The summed E-state index contributed by atoms with van der Waals surface area (Å²) in [5.74, 6) is 0.0506. The Bertz CT molecular complexity index is 1340. The van der Waals surface area contributed by atoms with Crippen molar-refractivity contribution < 1.29 is 13.5 Å². The number of rotatable bonds is 6. The number of aromatic hydroxyl groups is 1. The van der Waals surface area contributed by atoms with Crippen molar-refractivity contribution in [2.24, 2.45) is 4.99 Å². The van der Waals surface area contributed by atoms with Crippen molar-refractivity contribution in [1.29, 1.82) is 0 Å². The van der Waals surface area contributed by atoms with Crippen molar-refractivity contribution in [3.8, 4) is 5.88 Å². The van der Waals surface area contributed by atoms with Crippen molar-refractivity contribution in [3.63, 3.8) is 0 Å². The Hall–Kier alpha value is -3.58. The van der Waals surface area contributed by atoms with E-state index >= 15 is 0 Å². The minimum atomic E-state index is -3.35. The molecule has 2 N–H and O–H groups in total. The second kappa shape index (κ2) is 8.28. The number of sulfonamides is 1. The van der Waals surface area contributed by atoms with Gasteiger partial charge in [-0.25, -0.2) is 13.4 Å². The number of para-hydroxylation sites is 1. The van der Waals surface area contributed by atoms with Gasteiger partial charge in [-0.2, -0.15) is 0 Å². The number of nitrogens with one attached hydrogen (secondary N) is 1. The first kappa shape index (κ1) is 20.7. The van der Waals surface area contributed by atoms with E-state index in [1.165, 1.54) is 10.6 Å². The highest BCUT2D eigenvalue weighted by Gasteiger charge is 2.19. The van der Waals surface area contributed by atoms with Gasteiger partial charge in [0.15, 0.2) is 5.88 Å². The van der Waals surface area contributed by atoms with E-state index in [-0.39, 0.29) is 5.88 Å². The summed E-state index contributed by atoms with van der Waals surface area (Å²) in [6, 6.07) is 24.3. The van der Waals surface area contributed by atoms with E-state index in [1.54, 1.807) is 31.2 Å². The van der Waals surface area contributed by atoms with Crippen LogP contribution in [0.3, 0.4) is 0 Å². The quantitative estimate of drug-likeness (QED) is 0.427. The van der Waals surface area contributed by atoms with Crippen LogP contribution in [-0.2, 0) is 10.0 Å². The summed E-state index contributed by atoms with van der Waals surface area (Å²) in [5, 5.41) is 11.5. The van der Waals surface area contributed by atoms with Crippen molar-refractivity contribution >= 4 is 38.0 Å². The van der Waals surface area contributed by atoms with Crippen LogP contribution in [0, 0.1) is 0 Å². The predicted molar refractivity (Wildman–Crippen MR) is 126 cm³/mol. The zero-order chi connectivity index (χ0) is 22.0. The molecule has 0 spiro atoms. The first-order valence-electron chi connectivity index (χ1n) is 9.90. The first-order valence-corrected chi connectivity index (χ1v) is 11.7. The van der Waals surface area contributed by atoms with Gasteiger partial charge in [0.25, 0.3) is 0 Å². The SMILES string of the molecule is CCN(c1ccc(N=C(c2ccccc2)c2c(O)[nH]c3ccccc23)cc1)S(C)(=O)=O. The van der Waals surface area contributed by atoms with Crippen molar-refractivity contribution in [2.45, 2.75) is 6.92 Å². The molecule has 1 heterocycles. The summed E-state index contributed by atoms with van der Waals surface area (Å²) in [7, 11) is -3.35. The van der Waals surface area contributed by atoms with Crippen LogP contribution in [0.2, 0.25) is 0 Å². The molecule has 158 valence electrons. The van der Waals surface area contributed by atoms with Gasteiger partial charge in [0.2, 0.25) is 10.0 Å². The predicted octanol–water partition coefficient (Wildman–Crippen LogP) is 4.83. The summed E-state index contributed by atoms with van der Waals surface area (Å²) in [4.78, 5) is 7.85. The van der Waals surface area contributed by atoms with Gasteiger partial charge in [0, 0.05) is 23.0 Å². The zero-order valence-electron chi connectivity index (χ0n) is 17.3. The molecule has 0 amide bonds. The molecule has 0 fully saturated rings. The van der Waals surface area contributed by atoms with Crippen LogP contribution in [0.25, 0.3) is 10.9 Å². The highest BCUT2D eigenvalue weighted by molar-refractivity contribution is 7.92. The molecular formula is C24H23N3O3S. The number of anilines is 1. The molecule has 0 unspecified atom stereocenters. The number of benzene rings is 3. The number of hydrogen-bond donors (Lipinski definition) is 2. The number of fused-ring (bicyclic) bond motifs is 1. The molecule has 0 aliphatic carbocycles. The molecule has 6 nitrogen and oxygen atoms in total. The number of aromatic amines is 1. The molecule has 0 aliphatic rings. The summed E-state index contributed by atoms with van der Waals surface area (Å²) >= 11 is 0. The smallest absolute Gasteiger partial charge is 0.232 e. The topological polar surface area (TPSA) is 85.8 Å². The monoisotopic (exact) mass is 433 g/mol. The van der Waals surface area contributed by atoms with E-state index in [2.05, 4.69) is 4.98 Å². The summed E-state index contributed by atoms with van der Waals surface area (Å²) < 4.78 is 25.3. The summed E-state index contributed by atoms with van der Waals surface area (Å²) in [6.45, 7) is 2.14. The van der Waals surface area contributed by atoms with Crippen LogP contribution >= 0.6 is 0 Å². The highest BCUT2D eigenvalue weighted by atomic mass is 32.2. The largest absolute Gasteiger partial charge is 0.494 e. The Morgan fingerprint density at radius 1 is 0.968 bits per heavy atom. The maximum absolute atomic E-state index is 12.0. The van der Waals surface area contributed by atoms with Gasteiger partial charge in [-0.3, -0.25) is 4.31 Å². The Morgan fingerprint density at radius 3 is 2.26 bits per heavy atom. The Morgan fingerprint density at radius 2 is 1.61 bits per heavy atom. The molecule has 0 bridgehead atoms. The lowest BCUT2D eigenvalue weighted by molar-refractivity contribution is 0.457. The van der Waals surface area contributed by atoms with Crippen LogP contribution in [0.4, 0.5) is 11.4 Å². The second-order valence-electron chi connectivity index (χ2n) is 7.16. The molecule has 4 aromatic rings. The fourth-order valence-corrected chi connectivity index (χ4v) is 4.63. The van der Waals surface area contributed by atoms with Gasteiger partial charge in [-0.05, 0) is 37.3 Å². The Labute approximate surface area is 181 Å². The molecule has 0 atom stereocenters. The summed E-state index contributed by atoms with van der Waals surface area (Å²) in [5.41, 5.74) is 4.16. The lowest BCUT2D eigenvalue weighted by Gasteiger charge is -2.20. The molecule has 0 aliphatic heterocycles. The Balaban J connectivity index is 1.85. The van der Waals surface area contributed by atoms with E-state index in [0.29, 0.717) is 29.2 Å². The van der Waals surface area contributed by atoms with Crippen LogP contribution in [0.15, 0.2) is 83.9 Å². The van der Waals surface area contributed by atoms with E-state index in [4.69, 9.17) is 4.99 Å². The minimum Gasteiger partial charge on any atom is -0.494 e. The standard InChI is InChI=1S/C24H23N3O3S/c1-3-27(31(2,29)30)19-15-13-18(14-16-19)25-23(17-9-5-4-6-10-17)22-20-11-7-8-12-21(20)26-24(22)28/h4-16,26,28H,3H2,1-2H3. The van der Waals surface area contributed by atoms with Gasteiger partial charge in [0.1, 0.15) is 0 Å². The van der Waals surface area contributed by atoms with Gasteiger partial charge in [0.05, 0.1) is 28.9 Å². The van der Waals surface area contributed by atoms with Crippen molar-refractivity contribution in [2.75, 3.05) is 17.1 Å². The van der Waals surface area contributed by atoms with Crippen LogP contribution in [0.5, 0.6) is 5.88 Å². The third-order valence-electron chi connectivity index (χ3n) is 5.04. The first-order chi connectivity index (χ1) is 14.9. The molecule has 4 rings (SSSR count). The average Bonchev–Trinajstić information content (AvgIpc) is 3.09. The summed E-state index contributed by atoms with van der Waals surface area (Å²) in [6.07, 6.45) is 1.19. The molecule has 0 radical (unpaired) electrons. The van der Waals surface area contributed by atoms with Gasteiger partial charge in [-0.1, -0.05) is 48.5 Å². The lowest BCUT2D eigenvalue weighted by Crippen LogP contribution is -2.29. The zero-order valence-corrected chi connectivity index (χ0v) is 18.1. The number of H-pyrrole nitrogens is 1. The molecule has 7 heteroatoms. The van der Waals surface area contributed by atoms with Crippen molar-refractivity contribution in [3.05, 3.63) is 90.0 Å². The van der Waals surface area contributed by atoms with Crippen LogP contribution in [-0.4, -0.2) is 37.0 Å². The molecule has 1 aromatic heterocycles. The third kappa shape index (κ3) is 4.18. The number of nitrogens with zero attached hydrogens (tertiary/aromatic N) is 2. The average molecular weight is 434 g/mol.